The zero-order chi connectivity index (χ0) is 13.1. The number of benzene rings is 1. The van der Waals surface area contributed by atoms with Crippen molar-refractivity contribution in [3.05, 3.63) is 29.6 Å². The normalized spacial score (nSPS) is 15.2. The Kier molecular flexibility index (Phi) is 3.81. The maximum absolute atomic E-state index is 13.8. The second kappa shape index (κ2) is 5.35. The van der Waals surface area contributed by atoms with Gasteiger partial charge in [-0.05, 0) is 31.4 Å². The van der Waals surface area contributed by atoms with Crippen LogP contribution in [0.1, 0.15) is 24.8 Å². The first-order chi connectivity index (χ1) is 8.65. The summed E-state index contributed by atoms with van der Waals surface area (Å²) in [6.07, 6.45) is 3.22. The number of aliphatic hydroxyl groups excluding tert-OH is 1. The maximum atomic E-state index is 13.8. The Hall–Kier alpha value is -1.62. The summed E-state index contributed by atoms with van der Waals surface area (Å²) in [4.78, 5) is 1.96. The van der Waals surface area contributed by atoms with Gasteiger partial charge in [-0.1, -0.05) is 6.07 Å². The molecule has 1 aromatic rings. The predicted octanol–water partition coefficient (Wildman–Crippen LogP) is 1.46. The Morgan fingerprint density at radius 2 is 2.22 bits per heavy atom. The molecule has 0 atom stereocenters. The van der Waals surface area contributed by atoms with Gasteiger partial charge in [-0.15, -0.1) is 0 Å². The highest BCUT2D eigenvalue weighted by molar-refractivity contribution is 6.00. The van der Waals surface area contributed by atoms with Crippen molar-refractivity contribution in [1.82, 2.24) is 0 Å². The molecule has 0 saturated heterocycles. The Morgan fingerprint density at radius 1 is 1.50 bits per heavy atom. The number of anilines is 1. The molecule has 0 heterocycles. The largest absolute Gasteiger partial charge is 0.395 e. The molecule has 0 aliphatic heterocycles. The van der Waals surface area contributed by atoms with E-state index >= 15 is 0 Å². The van der Waals surface area contributed by atoms with Gasteiger partial charge in [0.1, 0.15) is 11.7 Å². The monoisotopic (exact) mass is 251 g/mol. The standard InChI is InChI=1S/C13H18FN3O/c14-10-5-2-6-11(12(10)13(15)16)17(7-8-18)9-3-1-4-9/h2,5-6,9,18H,1,3-4,7-8H2,(H3,15,16). The molecule has 0 bridgehead atoms. The molecule has 0 amide bonds. The van der Waals surface area contributed by atoms with Gasteiger partial charge in [-0.25, -0.2) is 4.39 Å². The quantitative estimate of drug-likeness (QED) is 0.548. The number of nitrogen functional groups attached to an aromatic ring is 1. The number of nitrogens with two attached hydrogens (primary N) is 1. The minimum absolute atomic E-state index is 0.00432. The van der Waals surface area contributed by atoms with Crippen molar-refractivity contribution in [3.8, 4) is 0 Å². The molecule has 0 unspecified atom stereocenters. The van der Waals surface area contributed by atoms with Gasteiger partial charge in [0.2, 0.25) is 0 Å². The number of nitrogens with zero attached hydrogens (tertiary/aromatic N) is 1. The van der Waals surface area contributed by atoms with Gasteiger partial charge in [0.05, 0.1) is 17.9 Å². The summed E-state index contributed by atoms with van der Waals surface area (Å²) in [5, 5.41) is 16.7. The first-order valence-corrected chi connectivity index (χ1v) is 6.15. The Morgan fingerprint density at radius 3 is 2.72 bits per heavy atom. The van der Waals surface area contributed by atoms with E-state index in [1.807, 2.05) is 4.90 Å². The van der Waals surface area contributed by atoms with Crippen LogP contribution in [0.5, 0.6) is 0 Å². The van der Waals surface area contributed by atoms with E-state index in [4.69, 9.17) is 16.2 Å². The van der Waals surface area contributed by atoms with Crippen LogP contribution in [0.25, 0.3) is 0 Å². The molecule has 1 fully saturated rings. The van der Waals surface area contributed by atoms with Crippen molar-refractivity contribution in [2.75, 3.05) is 18.1 Å². The van der Waals surface area contributed by atoms with E-state index in [0.717, 1.165) is 19.3 Å². The summed E-state index contributed by atoms with van der Waals surface area (Å²) in [5.41, 5.74) is 6.21. The molecule has 4 N–H and O–H groups in total. The lowest BCUT2D eigenvalue weighted by molar-refractivity contribution is 0.283. The van der Waals surface area contributed by atoms with Crippen molar-refractivity contribution in [2.45, 2.75) is 25.3 Å². The number of halogens is 1. The highest BCUT2D eigenvalue weighted by Gasteiger charge is 2.27. The highest BCUT2D eigenvalue weighted by Crippen LogP contribution is 2.32. The number of hydrogen-bond donors (Lipinski definition) is 3. The summed E-state index contributed by atoms with van der Waals surface area (Å²) >= 11 is 0. The molecule has 0 radical (unpaired) electrons. The molecule has 18 heavy (non-hydrogen) atoms. The van der Waals surface area contributed by atoms with E-state index in [2.05, 4.69) is 0 Å². The molecule has 1 saturated carbocycles. The second-order valence-corrected chi connectivity index (χ2v) is 4.55. The Bertz CT molecular complexity index is 446. The van der Waals surface area contributed by atoms with Crippen LogP contribution in [-0.2, 0) is 0 Å². The van der Waals surface area contributed by atoms with Crippen molar-refractivity contribution in [2.24, 2.45) is 5.73 Å². The SMILES string of the molecule is N=C(N)c1c(F)cccc1N(CCO)C1CCC1. The second-order valence-electron chi connectivity index (χ2n) is 4.55. The van der Waals surface area contributed by atoms with Crippen LogP contribution in [0.3, 0.4) is 0 Å². The van der Waals surface area contributed by atoms with Crippen LogP contribution >= 0.6 is 0 Å². The molecular formula is C13H18FN3O. The summed E-state index contributed by atoms with van der Waals surface area (Å²) in [5.74, 6) is -0.757. The van der Waals surface area contributed by atoms with Gasteiger partial charge in [0, 0.05) is 12.6 Å². The van der Waals surface area contributed by atoms with Crippen LogP contribution in [0.2, 0.25) is 0 Å². The van der Waals surface area contributed by atoms with E-state index in [9.17, 15) is 4.39 Å². The topological polar surface area (TPSA) is 73.3 Å². The summed E-state index contributed by atoms with van der Waals surface area (Å²) in [6.45, 7) is 0.443. The van der Waals surface area contributed by atoms with Crippen LogP contribution in [0.4, 0.5) is 10.1 Å². The fourth-order valence-corrected chi connectivity index (χ4v) is 2.32. The van der Waals surface area contributed by atoms with Gasteiger partial charge < -0.3 is 15.7 Å². The number of rotatable bonds is 5. The molecule has 5 heteroatoms. The maximum Gasteiger partial charge on any atom is 0.136 e. The lowest BCUT2D eigenvalue weighted by Gasteiger charge is -2.39. The van der Waals surface area contributed by atoms with E-state index in [0.29, 0.717) is 18.3 Å². The first kappa shape index (κ1) is 12.8. The van der Waals surface area contributed by atoms with E-state index < -0.39 is 5.82 Å². The zero-order valence-electron chi connectivity index (χ0n) is 10.2. The lowest BCUT2D eigenvalue weighted by atomic mass is 9.90. The van der Waals surface area contributed by atoms with E-state index in [1.54, 1.807) is 12.1 Å². The fourth-order valence-electron chi connectivity index (χ4n) is 2.32. The van der Waals surface area contributed by atoms with Crippen LogP contribution in [0.15, 0.2) is 18.2 Å². The molecule has 1 aliphatic carbocycles. The van der Waals surface area contributed by atoms with Crippen molar-refractivity contribution >= 4 is 11.5 Å². The lowest BCUT2D eigenvalue weighted by Crippen LogP contribution is -2.43. The van der Waals surface area contributed by atoms with E-state index in [-0.39, 0.29) is 18.0 Å². The van der Waals surface area contributed by atoms with Crippen molar-refractivity contribution in [1.29, 1.82) is 5.41 Å². The third kappa shape index (κ3) is 2.31. The van der Waals surface area contributed by atoms with Crippen LogP contribution in [-0.4, -0.2) is 30.1 Å². The third-order valence-electron chi connectivity index (χ3n) is 3.43. The van der Waals surface area contributed by atoms with Gasteiger partial charge in [-0.2, -0.15) is 0 Å². The average Bonchev–Trinajstić information content (AvgIpc) is 2.25. The van der Waals surface area contributed by atoms with Crippen LogP contribution in [0, 0.1) is 11.2 Å². The Labute approximate surface area is 106 Å². The summed E-state index contributed by atoms with van der Waals surface area (Å²) in [6, 6.07) is 4.99. The molecule has 1 aromatic carbocycles. The van der Waals surface area contributed by atoms with Crippen LogP contribution < -0.4 is 10.6 Å². The minimum Gasteiger partial charge on any atom is -0.395 e. The van der Waals surface area contributed by atoms with Crippen molar-refractivity contribution in [3.63, 3.8) is 0 Å². The number of hydrogen-bond acceptors (Lipinski definition) is 3. The van der Waals surface area contributed by atoms with E-state index in [1.165, 1.54) is 6.07 Å². The number of aliphatic hydroxyl groups is 1. The molecular weight excluding hydrogens is 233 g/mol. The van der Waals surface area contributed by atoms with Gasteiger partial charge in [0.25, 0.3) is 0 Å². The number of amidine groups is 1. The third-order valence-corrected chi connectivity index (χ3v) is 3.43. The molecule has 0 spiro atoms. The minimum atomic E-state index is -0.484. The predicted molar refractivity (Wildman–Crippen MR) is 69.5 cm³/mol. The Balaban J connectivity index is 2.39. The molecule has 1 aliphatic rings. The van der Waals surface area contributed by atoms with Gasteiger partial charge in [0.15, 0.2) is 0 Å². The fraction of sp³-hybridized carbons (Fsp3) is 0.462. The zero-order valence-corrected chi connectivity index (χ0v) is 10.2. The molecule has 2 rings (SSSR count). The number of nitrogens with one attached hydrogen (secondary N) is 1. The summed E-state index contributed by atoms with van der Waals surface area (Å²) < 4.78 is 13.8. The highest BCUT2D eigenvalue weighted by atomic mass is 19.1. The smallest absolute Gasteiger partial charge is 0.136 e. The van der Waals surface area contributed by atoms with Gasteiger partial charge >= 0.3 is 0 Å². The molecule has 4 nitrogen and oxygen atoms in total. The molecule has 98 valence electrons. The van der Waals surface area contributed by atoms with Gasteiger partial charge in [-0.3, -0.25) is 5.41 Å². The average molecular weight is 251 g/mol. The first-order valence-electron chi connectivity index (χ1n) is 6.15. The van der Waals surface area contributed by atoms with Crippen molar-refractivity contribution < 1.29 is 9.50 Å². The summed E-state index contributed by atoms with van der Waals surface area (Å²) in [7, 11) is 0. The molecule has 0 aromatic heterocycles.